The van der Waals surface area contributed by atoms with E-state index in [1.54, 1.807) is 24.3 Å². The van der Waals surface area contributed by atoms with Gasteiger partial charge < -0.3 is 5.32 Å². The number of benzene rings is 1. The van der Waals surface area contributed by atoms with E-state index in [0.717, 1.165) is 4.57 Å². The molecule has 1 amide bonds. The summed E-state index contributed by atoms with van der Waals surface area (Å²) in [5.41, 5.74) is -0.766. The number of aromatic nitrogens is 2. The standard InChI is InChI=1S/C15H19N3O3/c1-15(2,3)16-12(19)9-18-11-8-6-5-7-10(11)13(20)17(4)14(18)21/h5-8H,9H2,1-4H3,(H,16,19). The molecule has 1 aromatic carbocycles. The van der Waals surface area contributed by atoms with E-state index in [4.69, 9.17) is 0 Å². The van der Waals surface area contributed by atoms with Crippen molar-refractivity contribution in [3.05, 3.63) is 45.1 Å². The summed E-state index contributed by atoms with van der Waals surface area (Å²) in [6.07, 6.45) is 0. The molecule has 0 radical (unpaired) electrons. The van der Waals surface area contributed by atoms with Gasteiger partial charge >= 0.3 is 5.69 Å². The monoisotopic (exact) mass is 289 g/mol. The summed E-state index contributed by atoms with van der Waals surface area (Å²) in [4.78, 5) is 36.4. The molecule has 6 nitrogen and oxygen atoms in total. The molecule has 0 aliphatic rings. The minimum atomic E-state index is -0.497. The first kappa shape index (κ1) is 15.0. The molecule has 1 N–H and O–H groups in total. The van der Waals surface area contributed by atoms with E-state index in [2.05, 4.69) is 5.32 Å². The first-order valence-corrected chi connectivity index (χ1v) is 6.70. The first-order chi connectivity index (χ1) is 9.70. The lowest BCUT2D eigenvalue weighted by Crippen LogP contribution is -2.45. The first-order valence-electron chi connectivity index (χ1n) is 6.70. The number of hydrogen-bond acceptors (Lipinski definition) is 3. The second kappa shape index (κ2) is 5.20. The molecule has 0 saturated heterocycles. The van der Waals surface area contributed by atoms with Crippen molar-refractivity contribution in [1.29, 1.82) is 0 Å². The summed E-state index contributed by atoms with van der Waals surface area (Å²) >= 11 is 0. The molecular weight excluding hydrogens is 270 g/mol. The van der Waals surface area contributed by atoms with Gasteiger partial charge in [0.05, 0.1) is 10.9 Å². The van der Waals surface area contributed by atoms with Gasteiger partial charge in [-0.05, 0) is 32.9 Å². The van der Waals surface area contributed by atoms with Crippen molar-refractivity contribution < 1.29 is 4.79 Å². The van der Waals surface area contributed by atoms with Gasteiger partial charge in [0.25, 0.3) is 5.56 Å². The molecule has 0 bridgehead atoms. The summed E-state index contributed by atoms with van der Waals surface area (Å²) < 4.78 is 2.34. The van der Waals surface area contributed by atoms with Crippen LogP contribution in [0.1, 0.15) is 20.8 Å². The van der Waals surface area contributed by atoms with Gasteiger partial charge in [-0.25, -0.2) is 4.79 Å². The molecule has 2 aromatic rings. The molecule has 0 spiro atoms. The van der Waals surface area contributed by atoms with Gasteiger partial charge in [0, 0.05) is 12.6 Å². The zero-order chi connectivity index (χ0) is 15.8. The molecule has 1 heterocycles. The van der Waals surface area contributed by atoms with E-state index >= 15 is 0 Å². The highest BCUT2D eigenvalue weighted by molar-refractivity contribution is 5.81. The minimum Gasteiger partial charge on any atom is -0.350 e. The Bertz CT molecular complexity index is 809. The van der Waals surface area contributed by atoms with Gasteiger partial charge in [-0.2, -0.15) is 0 Å². The Morgan fingerprint density at radius 2 is 1.81 bits per heavy atom. The van der Waals surface area contributed by atoms with Crippen molar-refractivity contribution in [2.45, 2.75) is 32.9 Å². The number of nitrogens with zero attached hydrogens (tertiary/aromatic N) is 2. The van der Waals surface area contributed by atoms with Gasteiger partial charge in [-0.3, -0.25) is 18.7 Å². The van der Waals surface area contributed by atoms with Crippen molar-refractivity contribution in [2.24, 2.45) is 7.05 Å². The Balaban J connectivity index is 2.57. The summed E-state index contributed by atoms with van der Waals surface area (Å²) in [6.45, 7) is 5.48. The summed E-state index contributed by atoms with van der Waals surface area (Å²) in [7, 11) is 1.41. The average Bonchev–Trinajstić information content (AvgIpc) is 2.39. The van der Waals surface area contributed by atoms with Crippen LogP contribution in [0, 0.1) is 0 Å². The lowest BCUT2D eigenvalue weighted by atomic mass is 10.1. The van der Waals surface area contributed by atoms with Crippen LogP contribution >= 0.6 is 0 Å². The third-order valence-electron chi connectivity index (χ3n) is 3.06. The number of para-hydroxylation sites is 1. The SMILES string of the molecule is Cn1c(=O)c2ccccc2n(CC(=O)NC(C)(C)C)c1=O. The number of rotatable bonds is 2. The molecule has 0 atom stereocenters. The highest BCUT2D eigenvalue weighted by Crippen LogP contribution is 2.07. The minimum absolute atomic E-state index is 0.120. The maximum absolute atomic E-state index is 12.3. The highest BCUT2D eigenvalue weighted by atomic mass is 16.2. The van der Waals surface area contributed by atoms with Crippen molar-refractivity contribution in [3.63, 3.8) is 0 Å². The van der Waals surface area contributed by atoms with Crippen LogP contribution in [-0.2, 0) is 18.4 Å². The molecule has 112 valence electrons. The normalized spacial score (nSPS) is 11.6. The molecule has 0 saturated carbocycles. The zero-order valence-electron chi connectivity index (χ0n) is 12.6. The van der Waals surface area contributed by atoms with Crippen molar-refractivity contribution in [2.75, 3.05) is 0 Å². The van der Waals surface area contributed by atoms with Gasteiger partial charge in [0.15, 0.2) is 0 Å². The molecule has 0 unspecified atom stereocenters. The Kier molecular flexibility index (Phi) is 3.72. The number of nitrogens with one attached hydrogen (secondary N) is 1. The van der Waals surface area contributed by atoms with Crippen LogP contribution in [0.2, 0.25) is 0 Å². The van der Waals surface area contributed by atoms with Crippen molar-refractivity contribution >= 4 is 16.8 Å². The highest BCUT2D eigenvalue weighted by Gasteiger charge is 2.17. The fourth-order valence-corrected chi connectivity index (χ4v) is 2.20. The Labute approximate surface area is 122 Å². The van der Waals surface area contributed by atoms with Crippen LogP contribution in [0.4, 0.5) is 0 Å². The van der Waals surface area contributed by atoms with Crippen LogP contribution in [0.25, 0.3) is 10.9 Å². The largest absolute Gasteiger partial charge is 0.350 e. The van der Waals surface area contributed by atoms with Crippen LogP contribution in [0.3, 0.4) is 0 Å². The van der Waals surface area contributed by atoms with Crippen LogP contribution in [0.5, 0.6) is 0 Å². The summed E-state index contributed by atoms with van der Waals surface area (Å²) in [5, 5.41) is 3.23. The van der Waals surface area contributed by atoms with E-state index in [1.165, 1.54) is 11.6 Å². The van der Waals surface area contributed by atoms with Crippen LogP contribution in [0.15, 0.2) is 33.9 Å². The second-order valence-electron chi connectivity index (χ2n) is 6.05. The summed E-state index contributed by atoms with van der Waals surface area (Å²) in [5.74, 6) is -0.270. The Morgan fingerprint density at radius 3 is 2.43 bits per heavy atom. The number of carbonyl (C=O) groups is 1. The Morgan fingerprint density at radius 1 is 1.19 bits per heavy atom. The molecule has 2 rings (SSSR count). The fraction of sp³-hybridized carbons (Fsp3) is 0.400. The molecular formula is C15H19N3O3. The zero-order valence-corrected chi connectivity index (χ0v) is 12.6. The van der Waals surface area contributed by atoms with E-state index < -0.39 is 5.69 Å². The summed E-state index contributed by atoms with van der Waals surface area (Å²) in [6, 6.07) is 6.78. The molecule has 0 aliphatic heterocycles. The topological polar surface area (TPSA) is 73.1 Å². The van der Waals surface area contributed by atoms with Crippen molar-refractivity contribution in [1.82, 2.24) is 14.5 Å². The van der Waals surface area contributed by atoms with Crippen molar-refractivity contribution in [3.8, 4) is 0 Å². The van der Waals surface area contributed by atoms with E-state index in [0.29, 0.717) is 10.9 Å². The van der Waals surface area contributed by atoms with Crippen LogP contribution in [-0.4, -0.2) is 20.6 Å². The third kappa shape index (κ3) is 3.04. The van der Waals surface area contributed by atoms with Gasteiger partial charge in [0.2, 0.25) is 5.91 Å². The van der Waals surface area contributed by atoms with Gasteiger partial charge in [0.1, 0.15) is 6.54 Å². The average molecular weight is 289 g/mol. The smallest absolute Gasteiger partial charge is 0.331 e. The number of fused-ring (bicyclic) bond motifs is 1. The van der Waals surface area contributed by atoms with E-state index in [1.807, 2.05) is 20.8 Å². The molecule has 6 heteroatoms. The molecule has 1 aromatic heterocycles. The maximum Gasteiger partial charge on any atom is 0.331 e. The number of carbonyl (C=O) groups excluding carboxylic acids is 1. The van der Waals surface area contributed by atoms with E-state index in [-0.39, 0.29) is 23.6 Å². The molecule has 0 fully saturated rings. The molecule has 21 heavy (non-hydrogen) atoms. The second-order valence-corrected chi connectivity index (χ2v) is 6.05. The quantitative estimate of drug-likeness (QED) is 0.880. The predicted octanol–water partition coefficient (Wildman–Crippen LogP) is 0.615. The lowest BCUT2D eigenvalue weighted by molar-refractivity contribution is -0.123. The van der Waals surface area contributed by atoms with Crippen LogP contribution < -0.4 is 16.6 Å². The fourth-order valence-electron chi connectivity index (χ4n) is 2.20. The number of amides is 1. The number of hydrogen-bond donors (Lipinski definition) is 1. The maximum atomic E-state index is 12.3. The Hall–Kier alpha value is -2.37. The van der Waals surface area contributed by atoms with E-state index in [9.17, 15) is 14.4 Å². The third-order valence-corrected chi connectivity index (χ3v) is 3.06. The molecule has 0 aliphatic carbocycles. The predicted molar refractivity (Wildman–Crippen MR) is 81.3 cm³/mol. The van der Waals surface area contributed by atoms with Gasteiger partial charge in [-0.1, -0.05) is 12.1 Å². The lowest BCUT2D eigenvalue weighted by Gasteiger charge is -2.21. The van der Waals surface area contributed by atoms with Gasteiger partial charge in [-0.15, -0.1) is 0 Å².